The number of halogens is 2. The predicted octanol–water partition coefficient (Wildman–Crippen LogP) is 5.89. The molecule has 2 aromatic carbocycles. The average molecular weight is 464 g/mol. The van der Waals surface area contributed by atoms with E-state index in [2.05, 4.69) is 0 Å². The van der Waals surface area contributed by atoms with E-state index >= 15 is 0 Å². The van der Waals surface area contributed by atoms with Crippen LogP contribution < -0.4 is 9.47 Å². The lowest BCUT2D eigenvalue weighted by molar-refractivity contribution is -0.131. The van der Waals surface area contributed by atoms with Crippen molar-refractivity contribution in [3.63, 3.8) is 0 Å². The molecule has 0 N–H and O–H groups in total. The van der Waals surface area contributed by atoms with Crippen molar-refractivity contribution in [3.8, 4) is 11.5 Å². The molecular formula is C23H23Cl2NO3S. The van der Waals surface area contributed by atoms with Crippen molar-refractivity contribution < 1.29 is 14.3 Å². The van der Waals surface area contributed by atoms with Crippen LogP contribution in [0, 0.1) is 0 Å². The molecule has 0 saturated heterocycles. The van der Waals surface area contributed by atoms with Crippen molar-refractivity contribution in [1.82, 2.24) is 4.90 Å². The third kappa shape index (κ3) is 5.91. The monoisotopic (exact) mass is 463 g/mol. The van der Waals surface area contributed by atoms with Crippen LogP contribution in [-0.2, 0) is 24.2 Å². The molecule has 3 aromatic rings. The molecule has 0 bridgehead atoms. The first-order valence-electron chi connectivity index (χ1n) is 9.45. The Morgan fingerprint density at radius 1 is 1.03 bits per heavy atom. The van der Waals surface area contributed by atoms with Crippen molar-refractivity contribution in [1.29, 1.82) is 0 Å². The normalized spacial score (nSPS) is 10.7. The summed E-state index contributed by atoms with van der Waals surface area (Å²) in [6, 6.07) is 15.1. The molecule has 4 nitrogen and oxygen atoms in total. The first-order valence-corrected chi connectivity index (χ1v) is 11.1. The number of hydrogen-bond acceptors (Lipinski definition) is 4. The van der Waals surface area contributed by atoms with Gasteiger partial charge in [0.2, 0.25) is 5.91 Å². The molecule has 1 aromatic heterocycles. The highest BCUT2D eigenvalue weighted by Crippen LogP contribution is 2.28. The lowest BCUT2D eigenvalue weighted by Crippen LogP contribution is -2.33. The van der Waals surface area contributed by atoms with E-state index in [0.717, 1.165) is 16.0 Å². The third-order valence-electron chi connectivity index (χ3n) is 4.75. The van der Waals surface area contributed by atoms with E-state index in [1.54, 1.807) is 31.6 Å². The van der Waals surface area contributed by atoms with E-state index in [1.165, 1.54) is 0 Å². The summed E-state index contributed by atoms with van der Waals surface area (Å²) in [6.45, 7) is 1.01. The van der Waals surface area contributed by atoms with Crippen molar-refractivity contribution in [2.45, 2.75) is 19.4 Å². The number of methoxy groups -OCH3 is 2. The van der Waals surface area contributed by atoms with Gasteiger partial charge in [0.15, 0.2) is 11.5 Å². The number of amides is 1. The van der Waals surface area contributed by atoms with Crippen LogP contribution in [0.1, 0.15) is 16.0 Å². The van der Waals surface area contributed by atoms with Gasteiger partial charge >= 0.3 is 0 Å². The second-order valence-electron chi connectivity index (χ2n) is 6.75. The molecule has 158 valence electrons. The van der Waals surface area contributed by atoms with Gasteiger partial charge in [-0.3, -0.25) is 4.79 Å². The molecule has 30 heavy (non-hydrogen) atoms. The maximum atomic E-state index is 13.1. The average Bonchev–Trinajstić information content (AvgIpc) is 3.24. The highest BCUT2D eigenvalue weighted by Gasteiger charge is 2.17. The van der Waals surface area contributed by atoms with Crippen LogP contribution in [-0.4, -0.2) is 31.6 Å². The zero-order valence-corrected chi connectivity index (χ0v) is 19.2. The van der Waals surface area contributed by atoms with E-state index < -0.39 is 0 Å². The van der Waals surface area contributed by atoms with Gasteiger partial charge in [-0.1, -0.05) is 41.4 Å². The zero-order chi connectivity index (χ0) is 21.5. The summed E-state index contributed by atoms with van der Waals surface area (Å²) in [5, 5.41) is 3.19. The summed E-state index contributed by atoms with van der Waals surface area (Å²) < 4.78 is 10.7. The van der Waals surface area contributed by atoms with Crippen LogP contribution in [0.5, 0.6) is 11.5 Å². The largest absolute Gasteiger partial charge is 0.493 e. The summed E-state index contributed by atoms with van der Waals surface area (Å²) in [5.74, 6) is 1.37. The number of benzene rings is 2. The standard InChI is InChI=1S/C23H23Cl2NO3S/c1-28-21-8-5-16(12-22(21)29-2)15-26(23(27)14-19-4-3-11-30-19)10-9-17-6-7-18(24)13-20(17)25/h3-8,11-13H,9-10,14-15H2,1-2H3. The molecule has 0 spiro atoms. The Hall–Kier alpha value is -2.21. The maximum absolute atomic E-state index is 13.1. The van der Waals surface area contributed by atoms with Gasteiger partial charge in [0.05, 0.1) is 20.6 Å². The van der Waals surface area contributed by atoms with Crippen molar-refractivity contribution in [2.75, 3.05) is 20.8 Å². The molecule has 1 heterocycles. The van der Waals surface area contributed by atoms with E-state index in [-0.39, 0.29) is 5.91 Å². The minimum Gasteiger partial charge on any atom is -0.493 e. The van der Waals surface area contributed by atoms with E-state index in [0.29, 0.717) is 47.5 Å². The Morgan fingerprint density at radius 2 is 1.83 bits per heavy atom. The molecule has 0 aliphatic heterocycles. The lowest BCUT2D eigenvalue weighted by atomic mass is 10.1. The molecule has 0 fully saturated rings. The Balaban J connectivity index is 1.78. The smallest absolute Gasteiger partial charge is 0.228 e. The molecule has 1 amide bonds. The first-order chi connectivity index (χ1) is 14.5. The molecule has 3 rings (SSSR count). The fourth-order valence-corrected chi connectivity index (χ4v) is 4.34. The number of hydrogen-bond donors (Lipinski definition) is 0. The van der Waals surface area contributed by atoms with Gasteiger partial charge in [0, 0.05) is 28.0 Å². The topological polar surface area (TPSA) is 38.8 Å². The van der Waals surface area contributed by atoms with Gasteiger partial charge in [-0.05, 0) is 53.3 Å². The molecule has 0 aliphatic rings. The van der Waals surface area contributed by atoms with E-state index in [9.17, 15) is 4.79 Å². The minimum atomic E-state index is 0.0670. The highest BCUT2D eigenvalue weighted by atomic mass is 35.5. The second kappa shape index (κ2) is 10.7. The van der Waals surface area contributed by atoms with Crippen LogP contribution >= 0.6 is 34.5 Å². The van der Waals surface area contributed by atoms with Gasteiger partial charge in [-0.25, -0.2) is 0 Å². The third-order valence-corrected chi connectivity index (χ3v) is 6.21. The number of rotatable bonds is 9. The Labute approximate surface area is 190 Å². The Kier molecular flexibility index (Phi) is 8.02. The summed E-state index contributed by atoms with van der Waals surface area (Å²) in [4.78, 5) is 16.0. The lowest BCUT2D eigenvalue weighted by Gasteiger charge is -2.24. The van der Waals surface area contributed by atoms with E-state index in [1.807, 2.05) is 52.7 Å². The first kappa shape index (κ1) is 22.5. The van der Waals surface area contributed by atoms with Crippen molar-refractivity contribution in [2.24, 2.45) is 0 Å². The molecule has 0 unspecified atom stereocenters. The highest BCUT2D eigenvalue weighted by molar-refractivity contribution is 7.10. The SMILES string of the molecule is COc1ccc(CN(CCc2ccc(Cl)cc2Cl)C(=O)Cc2cccs2)cc1OC. The molecule has 7 heteroatoms. The zero-order valence-electron chi connectivity index (χ0n) is 16.9. The van der Waals surface area contributed by atoms with Crippen LogP contribution in [0.4, 0.5) is 0 Å². The van der Waals surface area contributed by atoms with Crippen molar-refractivity contribution in [3.05, 3.63) is 80.0 Å². The quantitative estimate of drug-likeness (QED) is 0.397. The summed E-state index contributed by atoms with van der Waals surface area (Å²) in [5.41, 5.74) is 1.93. The van der Waals surface area contributed by atoms with Crippen LogP contribution in [0.3, 0.4) is 0 Å². The van der Waals surface area contributed by atoms with Crippen LogP contribution in [0.15, 0.2) is 53.9 Å². The number of ether oxygens (including phenoxy) is 2. The number of carbonyl (C=O) groups excluding carboxylic acids is 1. The fourth-order valence-electron chi connectivity index (χ4n) is 3.15. The van der Waals surface area contributed by atoms with Gasteiger partial charge < -0.3 is 14.4 Å². The van der Waals surface area contributed by atoms with Crippen LogP contribution in [0.2, 0.25) is 10.0 Å². The van der Waals surface area contributed by atoms with Gasteiger partial charge in [-0.15, -0.1) is 11.3 Å². The number of nitrogens with zero attached hydrogens (tertiary/aromatic N) is 1. The maximum Gasteiger partial charge on any atom is 0.228 e. The van der Waals surface area contributed by atoms with Gasteiger partial charge in [0.1, 0.15) is 0 Å². The fraction of sp³-hybridized carbons (Fsp3) is 0.261. The molecule has 0 aliphatic carbocycles. The molecule has 0 saturated carbocycles. The number of thiophene rings is 1. The van der Waals surface area contributed by atoms with E-state index in [4.69, 9.17) is 32.7 Å². The Morgan fingerprint density at radius 3 is 2.50 bits per heavy atom. The number of carbonyl (C=O) groups is 1. The second-order valence-corrected chi connectivity index (χ2v) is 8.62. The van der Waals surface area contributed by atoms with Crippen molar-refractivity contribution >= 4 is 40.4 Å². The molecular weight excluding hydrogens is 441 g/mol. The predicted molar refractivity (Wildman–Crippen MR) is 123 cm³/mol. The summed E-state index contributed by atoms with van der Waals surface area (Å²) in [6.07, 6.45) is 1.01. The summed E-state index contributed by atoms with van der Waals surface area (Å²) in [7, 11) is 3.20. The molecule has 0 atom stereocenters. The van der Waals surface area contributed by atoms with Crippen LogP contribution in [0.25, 0.3) is 0 Å². The minimum absolute atomic E-state index is 0.0670. The van der Waals surface area contributed by atoms with Gasteiger partial charge in [-0.2, -0.15) is 0 Å². The molecule has 0 radical (unpaired) electrons. The Bertz CT molecular complexity index is 992. The van der Waals surface area contributed by atoms with Gasteiger partial charge in [0.25, 0.3) is 0 Å². The summed E-state index contributed by atoms with van der Waals surface area (Å²) >= 11 is 13.9.